The number of rotatable bonds is 4. The van der Waals surface area contributed by atoms with Crippen LogP contribution in [0.25, 0.3) is 0 Å². The van der Waals surface area contributed by atoms with Gasteiger partial charge in [0.05, 0.1) is 0 Å². The lowest BCUT2D eigenvalue weighted by Gasteiger charge is -2.24. The Bertz CT molecular complexity index is 292. The monoisotopic (exact) mass is 192 g/mol. The minimum absolute atomic E-state index is 0.366. The number of hydrogen-bond donors (Lipinski definition) is 1. The zero-order valence-corrected chi connectivity index (χ0v) is 8.70. The van der Waals surface area contributed by atoms with Gasteiger partial charge in [0.1, 0.15) is 12.1 Å². The number of nitrogens with zero attached hydrogens (tertiary/aromatic N) is 3. The zero-order chi connectivity index (χ0) is 10.0. The summed E-state index contributed by atoms with van der Waals surface area (Å²) in [5.41, 5.74) is 0.366. The Balaban J connectivity index is 1.89. The summed E-state index contributed by atoms with van der Waals surface area (Å²) in [6.07, 6.45) is 5.87. The van der Waals surface area contributed by atoms with Crippen LogP contribution in [0.4, 0.5) is 5.82 Å². The molecule has 0 bridgehead atoms. The third kappa shape index (κ3) is 1.85. The van der Waals surface area contributed by atoms with Crippen molar-refractivity contribution in [3.05, 3.63) is 18.6 Å². The number of aromatic nitrogens is 2. The molecule has 1 aliphatic rings. The van der Waals surface area contributed by atoms with Gasteiger partial charge in [-0.1, -0.05) is 0 Å². The van der Waals surface area contributed by atoms with Crippen LogP contribution >= 0.6 is 0 Å². The molecule has 4 nitrogen and oxygen atoms in total. The first-order valence-corrected chi connectivity index (χ1v) is 4.90. The summed E-state index contributed by atoms with van der Waals surface area (Å²) >= 11 is 0. The SMILES string of the molecule is CN(C)C1(CNc2ccncn2)CC1. The molecular weight excluding hydrogens is 176 g/mol. The van der Waals surface area contributed by atoms with E-state index >= 15 is 0 Å². The predicted octanol–water partition coefficient (Wildman–Crippen LogP) is 0.983. The van der Waals surface area contributed by atoms with Crippen molar-refractivity contribution in [2.24, 2.45) is 0 Å². The fraction of sp³-hybridized carbons (Fsp3) is 0.600. The van der Waals surface area contributed by atoms with Crippen LogP contribution in [-0.4, -0.2) is 41.0 Å². The van der Waals surface area contributed by atoms with E-state index in [9.17, 15) is 0 Å². The molecule has 0 atom stereocenters. The Kier molecular flexibility index (Phi) is 2.37. The van der Waals surface area contributed by atoms with E-state index in [4.69, 9.17) is 0 Å². The van der Waals surface area contributed by atoms with Gasteiger partial charge in [-0.25, -0.2) is 9.97 Å². The Hall–Kier alpha value is -1.16. The third-order valence-corrected chi connectivity index (χ3v) is 2.96. The highest BCUT2D eigenvalue weighted by molar-refractivity contribution is 5.33. The van der Waals surface area contributed by atoms with Crippen LogP contribution in [0.1, 0.15) is 12.8 Å². The van der Waals surface area contributed by atoms with Crippen LogP contribution in [0.15, 0.2) is 18.6 Å². The van der Waals surface area contributed by atoms with Gasteiger partial charge < -0.3 is 10.2 Å². The van der Waals surface area contributed by atoms with E-state index in [1.807, 2.05) is 6.07 Å². The van der Waals surface area contributed by atoms with Gasteiger partial charge in [0.25, 0.3) is 0 Å². The van der Waals surface area contributed by atoms with Crippen molar-refractivity contribution in [1.82, 2.24) is 14.9 Å². The van der Waals surface area contributed by atoms with Crippen molar-refractivity contribution in [2.75, 3.05) is 26.0 Å². The molecular formula is C10H16N4. The first kappa shape index (κ1) is 9.40. The Morgan fingerprint density at radius 2 is 2.29 bits per heavy atom. The van der Waals surface area contributed by atoms with Gasteiger partial charge >= 0.3 is 0 Å². The van der Waals surface area contributed by atoms with E-state index in [0.717, 1.165) is 12.4 Å². The summed E-state index contributed by atoms with van der Waals surface area (Å²) in [6, 6.07) is 1.89. The van der Waals surface area contributed by atoms with E-state index in [-0.39, 0.29) is 0 Å². The molecule has 14 heavy (non-hydrogen) atoms. The van der Waals surface area contributed by atoms with Gasteiger partial charge in [-0.05, 0) is 33.0 Å². The van der Waals surface area contributed by atoms with Gasteiger partial charge in [-0.2, -0.15) is 0 Å². The van der Waals surface area contributed by atoms with E-state index < -0.39 is 0 Å². The molecule has 0 aromatic carbocycles. The summed E-state index contributed by atoms with van der Waals surface area (Å²) < 4.78 is 0. The lowest BCUT2D eigenvalue weighted by Crippen LogP contribution is -2.36. The molecule has 2 rings (SSSR count). The van der Waals surface area contributed by atoms with Crippen molar-refractivity contribution in [1.29, 1.82) is 0 Å². The summed E-state index contributed by atoms with van der Waals surface area (Å²) in [7, 11) is 4.27. The van der Waals surface area contributed by atoms with Crippen LogP contribution in [0.5, 0.6) is 0 Å². The molecule has 1 saturated carbocycles. The zero-order valence-electron chi connectivity index (χ0n) is 8.70. The summed E-state index contributed by atoms with van der Waals surface area (Å²) in [6.45, 7) is 0.969. The molecule has 0 amide bonds. The van der Waals surface area contributed by atoms with Gasteiger partial charge in [0.2, 0.25) is 0 Å². The maximum absolute atomic E-state index is 4.13. The first-order valence-electron chi connectivity index (χ1n) is 4.90. The number of likely N-dealkylation sites (N-methyl/N-ethyl adjacent to an activating group) is 1. The Morgan fingerprint density at radius 1 is 1.50 bits per heavy atom. The third-order valence-electron chi connectivity index (χ3n) is 2.96. The van der Waals surface area contributed by atoms with Crippen LogP contribution in [-0.2, 0) is 0 Å². The highest BCUT2D eigenvalue weighted by atomic mass is 15.2. The largest absolute Gasteiger partial charge is 0.368 e. The second-order valence-electron chi connectivity index (χ2n) is 4.07. The molecule has 76 valence electrons. The second-order valence-corrected chi connectivity index (χ2v) is 4.07. The van der Waals surface area contributed by atoms with Crippen molar-refractivity contribution >= 4 is 5.82 Å². The molecule has 0 radical (unpaired) electrons. The molecule has 0 saturated heterocycles. The molecule has 0 unspecified atom stereocenters. The Labute approximate surface area is 84.4 Å². The average Bonchev–Trinajstić information content (AvgIpc) is 2.97. The highest BCUT2D eigenvalue weighted by Gasteiger charge is 2.44. The van der Waals surface area contributed by atoms with Crippen molar-refractivity contribution in [3.8, 4) is 0 Å². The van der Waals surface area contributed by atoms with Crippen LogP contribution in [0.3, 0.4) is 0 Å². The standard InChI is InChI=1S/C10H16N4/c1-14(2)10(4-5-10)7-12-9-3-6-11-8-13-9/h3,6,8H,4-5,7H2,1-2H3,(H,11,12,13). The molecule has 1 aliphatic carbocycles. The lowest BCUT2D eigenvalue weighted by atomic mass is 10.2. The minimum Gasteiger partial charge on any atom is -0.368 e. The van der Waals surface area contributed by atoms with E-state index in [0.29, 0.717) is 5.54 Å². The highest BCUT2D eigenvalue weighted by Crippen LogP contribution is 2.39. The van der Waals surface area contributed by atoms with E-state index in [2.05, 4.69) is 34.3 Å². The average molecular weight is 192 g/mol. The maximum atomic E-state index is 4.13. The van der Waals surface area contributed by atoms with Gasteiger partial charge in [-0.15, -0.1) is 0 Å². The van der Waals surface area contributed by atoms with Gasteiger partial charge in [0, 0.05) is 18.3 Å². The van der Waals surface area contributed by atoms with Crippen molar-refractivity contribution in [3.63, 3.8) is 0 Å². The van der Waals surface area contributed by atoms with E-state index in [1.54, 1.807) is 12.5 Å². The fourth-order valence-corrected chi connectivity index (χ4v) is 1.58. The molecule has 1 N–H and O–H groups in total. The lowest BCUT2D eigenvalue weighted by molar-refractivity contribution is 0.284. The number of anilines is 1. The minimum atomic E-state index is 0.366. The fourth-order valence-electron chi connectivity index (χ4n) is 1.58. The van der Waals surface area contributed by atoms with Gasteiger partial charge in [0.15, 0.2) is 0 Å². The molecule has 0 spiro atoms. The van der Waals surface area contributed by atoms with Gasteiger partial charge in [-0.3, -0.25) is 0 Å². The number of hydrogen-bond acceptors (Lipinski definition) is 4. The number of nitrogens with one attached hydrogen (secondary N) is 1. The van der Waals surface area contributed by atoms with Crippen molar-refractivity contribution < 1.29 is 0 Å². The van der Waals surface area contributed by atoms with Crippen LogP contribution < -0.4 is 5.32 Å². The summed E-state index contributed by atoms with van der Waals surface area (Å²) in [5.74, 6) is 0.910. The quantitative estimate of drug-likeness (QED) is 0.772. The smallest absolute Gasteiger partial charge is 0.129 e. The molecule has 1 heterocycles. The normalized spacial score (nSPS) is 18.2. The van der Waals surface area contributed by atoms with Crippen LogP contribution in [0, 0.1) is 0 Å². The molecule has 0 aliphatic heterocycles. The topological polar surface area (TPSA) is 41.0 Å². The molecule has 1 fully saturated rings. The predicted molar refractivity (Wildman–Crippen MR) is 56.2 cm³/mol. The summed E-state index contributed by atoms with van der Waals surface area (Å²) in [5, 5.41) is 3.34. The van der Waals surface area contributed by atoms with Crippen molar-refractivity contribution in [2.45, 2.75) is 18.4 Å². The first-order chi connectivity index (χ1) is 6.73. The Morgan fingerprint density at radius 3 is 2.79 bits per heavy atom. The van der Waals surface area contributed by atoms with Crippen LogP contribution in [0.2, 0.25) is 0 Å². The second kappa shape index (κ2) is 3.53. The molecule has 1 aromatic heterocycles. The molecule has 1 aromatic rings. The molecule has 4 heteroatoms. The maximum Gasteiger partial charge on any atom is 0.129 e. The summed E-state index contributed by atoms with van der Waals surface area (Å²) in [4.78, 5) is 10.3. The van der Waals surface area contributed by atoms with E-state index in [1.165, 1.54) is 12.8 Å².